The van der Waals surface area contributed by atoms with Crippen LogP contribution in [0, 0.1) is 5.41 Å². The van der Waals surface area contributed by atoms with Crippen molar-refractivity contribution in [3.8, 4) is 0 Å². The van der Waals surface area contributed by atoms with Crippen molar-refractivity contribution < 1.29 is 0 Å². The molecule has 0 radical (unpaired) electrons. The van der Waals surface area contributed by atoms with E-state index in [2.05, 4.69) is 25.8 Å². The Balaban J connectivity index is 2.33. The Morgan fingerprint density at radius 1 is 0.846 bits per heavy atom. The summed E-state index contributed by atoms with van der Waals surface area (Å²) < 4.78 is 0. The van der Waals surface area contributed by atoms with Gasteiger partial charge < -0.3 is 4.90 Å². The van der Waals surface area contributed by atoms with Gasteiger partial charge in [-0.2, -0.15) is 0 Å². The summed E-state index contributed by atoms with van der Waals surface area (Å²) in [6, 6.07) is 0. The summed E-state index contributed by atoms with van der Waals surface area (Å²) in [7, 11) is 2.26. The third-order valence-corrected chi connectivity index (χ3v) is 3.29. The Hall–Kier alpha value is -0.0400. The van der Waals surface area contributed by atoms with Crippen LogP contribution in [0.25, 0.3) is 0 Å². The molecule has 0 atom stereocenters. The number of nitrogens with zero attached hydrogens (tertiary/aromatic N) is 1. The minimum Gasteiger partial charge on any atom is -0.306 e. The maximum absolute atomic E-state index is 2.48. The summed E-state index contributed by atoms with van der Waals surface area (Å²) >= 11 is 0. The molecule has 0 aromatic heterocycles. The van der Waals surface area contributed by atoms with E-state index in [1.807, 2.05) is 0 Å². The molecule has 0 spiro atoms. The van der Waals surface area contributed by atoms with Crippen LogP contribution in [0.5, 0.6) is 0 Å². The maximum Gasteiger partial charge on any atom is -0.00218 e. The summed E-state index contributed by atoms with van der Waals surface area (Å²) in [5, 5.41) is 0. The minimum absolute atomic E-state index is 0.607. The molecule has 1 heterocycles. The largest absolute Gasteiger partial charge is 0.306 e. The molecule has 0 saturated carbocycles. The maximum atomic E-state index is 2.48. The van der Waals surface area contributed by atoms with Crippen molar-refractivity contribution in [3.63, 3.8) is 0 Å². The van der Waals surface area contributed by atoms with Gasteiger partial charge in [-0.3, -0.25) is 0 Å². The molecule has 0 aromatic carbocycles. The summed E-state index contributed by atoms with van der Waals surface area (Å²) in [5.41, 5.74) is 0.607. The molecule has 0 bridgehead atoms. The highest BCUT2D eigenvalue weighted by Gasteiger charge is 2.17. The fourth-order valence-electron chi connectivity index (χ4n) is 2.21. The lowest BCUT2D eigenvalue weighted by molar-refractivity contribution is 0.239. The molecule has 0 aliphatic carbocycles. The van der Waals surface area contributed by atoms with E-state index >= 15 is 0 Å². The van der Waals surface area contributed by atoms with Crippen LogP contribution in [0.1, 0.15) is 52.4 Å². The molecule has 1 aliphatic heterocycles. The van der Waals surface area contributed by atoms with E-state index in [0.29, 0.717) is 5.41 Å². The Labute approximate surface area is 83.5 Å². The molecule has 1 nitrogen and oxygen atoms in total. The zero-order valence-corrected chi connectivity index (χ0v) is 9.60. The van der Waals surface area contributed by atoms with Gasteiger partial charge in [-0.05, 0) is 51.2 Å². The van der Waals surface area contributed by atoms with Crippen molar-refractivity contribution in [1.82, 2.24) is 4.90 Å². The lowest BCUT2D eigenvalue weighted by Gasteiger charge is -2.27. The molecule has 1 heteroatoms. The summed E-state index contributed by atoms with van der Waals surface area (Å²) in [4.78, 5) is 2.48. The predicted octanol–water partition coefficient (Wildman–Crippen LogP) is 3.30. The zero-order valence-electron chi connectivity index (χ0n) is 9.60. The van der Waals surface area contributed by atoms with Gasteiger partial charge >= 0.3 is 0 Å². The van der Waals surface area contributed by atoms with Crippen LogP contribution in [0.4, 0.5) is 0 Å². The van der Waals surface area contributed by atoms with Gasteiger partial charge in [0.2, 0.25) is 0 Å². The summed E-state index contributed by atoms with van der Waals surface area (Å²) in [6.45, 7) is 7.46. The first-order valence-corrected chi connectivity index (χ1v) is 5.79. The molecule has 13 heavy (non-hydrogen) atoms. The zero-order chi connectivity index (χ0) is 9.73. The van der Waals surface area contributed by atoms with Crippen molar-refractivity contribution in [1.29, 1.82) is 0 Å². The van der Waals surface area contributed by atoms with Crippen LogP contribution in [-0.2, 0) is 0 Å². The van der Waals surface area contributed by atoms with Gasteiger partial charge in [-0.15, -0.1) is 0 Å². The van der Waals surface area contributed by atoms with Gasteiger partial charge in [-0.25, -0.2) is 0 Å². The molecule has 1 saturated heterocycles. The second-order valence-electron chi connectivity index (χ2n) is 5.38. The number of rotatable bonds is 0. The second kappa shape index (κ2) is 4.99. The minimum atomic E-state index is 0.607. The molecule has 1 fully saturated rings. The van der Waals surface area contributed by atoms with Crippen LogP contribution < -0.4 is 0 Å². The van der Waals surface area contributed by atoms with E-state index in [0.717, 1.165) is 0 Å². The van der Waals surface area contributed by atoms with Gasteiger partial charge in [-0.1, -0.05) is 26.7 Å². The highest BCUT2D eigenvalue weighted by molar-refractivity contribution is 4.70. The third kappa shape index (κ3) is 4.66. The summed E-state index contributed by atoms with van der Waals surface area (Å²) in [6.07, 6.45) is 8.44. The highest BCUT2D eigenvalue weighted by atomic mass is 15.1. The monoisotopic (exact) mass is 183 g/mol. The Morgan fingerprint density at radius 3 is 1.77 bits per heavy atom. The van der Waals surface area contributed by atoms with Crippen molar-refractivity contribution in [2.24, 2.45) is 5.41 Å². The van der Waals surface area contributed by atoms with E-state index in [9.17, 15) is 0 Å². The van der Waals surface area contributed by atoms with Crippen LogP contribution >= 0.6 is 0 Å². The Bertz CT molecular complexity index is 126. The fourth-order valence-corrected chi connectivity index (χ4v) is 2.21. The Morgan fingerprint density at radius 2 is 1.31 bits per heavy atom. The topological polar surface area (TPSA) is 3.24 Å². The van der Waals surface area contributed by atoms with Gasteiger partial charge in [0.15, 0.2) is 0 Å². The molecular formula is C12H25N. The predicted molar refractivity (Wildman–Crippen MR) is 59.0 cm³/mol. The van der Waals surface area contributed by atoms with Crippen molar-refractivity contribution in [2.45, 2.75) is 52.4 Å². The standard InChI is InChI=1S/C12H25N/c1-12(2)8-4-6-10-13(3)11-7-5-9-12/h4-11H2,1-3H3. The molecule has 0 amide bonds. The normalized spacial score (nSPS) is 27.0. The van der Waals surface area contributed by atoms with Crippen molar-refractivity contribution in [3.05, 3.63) is 0 Å². The first-order chi connectivity index (χ1) is 6.10. The molecule has 0 aromatic rings. The van der Waals surface area contributed by atoms with Gasteiger partial charge in [0.25, 0.3) is 0 Å². The second-order valence-corrected chi connectivity index (χ2v) is 5.38. The van der Waals surface area contributed by atoms with Crippen molar-refractivity contribution >= 4 is 0 Å². The number of hydrogen-bond acceptors (Lipinski definition) is 1. The third-order valence-electron chi connectivity index (χ3n) is 3.29. The first kappa shape index (κ1) is 11.0. The summed E-state index contributed by atoms with van der Waals surface area (Å²) in [5.74, 6) is 0. The van der Waals surface area contributed by atoms with E-state index in [1.54, 1.807) is 0 Å². The van der Waals surface area contributed by atoms with E-state index in [-0.39, 0.29) is 0 Å². The molecular weight excluding hydrogens is 158 g/mol. The van der Waals surface area contributed by atoms with Crippen LogP contribution in [0.2, 0.25) is 0 Å². The van der Waals surface area contributed by atoms with Gasteiger partial charge in [0.05, 0.1) is 0 Å². The average Bonchev–Trinajstić information content (AvgIpc) is 2.06. The quantitative estimate of drug-likeness (QED) is 0.557. The molecule has 1 aliphatic rings. The fraction of sp³-hybridized carbons (Fsp3) is 1.00. The van der Waals surface area contributed by atoms with Crippen molar-refractivity contribution in [2.75, 3.05) is 20.1 Å². The van der Waals surface area contributed by atoms with Crippen LogP contribution in [-0.4, -0.2) is 25.0 Å². The Kier molecular flexibility index (Phi) is 4.24. The first-order valence-electron chi connectivity index (χ1n) is 5.79. The van der Waals surface area contributed by atoms with Crippen LogP contribution in [0.15, 0.2) is 0 Å². The molecule has 0 N–H and O–H groups in total. The highest BCUT2D eigenvalue weighted by Crippen LogP contribution is 2.30. The molecule has 0 unspecified atom stereocenters. The van der Waals surface area contributed by atoms with E-state index < -0.39 is 0 Å². The van der Waals surface area contributed by atoms with Gasteiger partial charge in [0, 0.05) is 0 Å². The van der Waals surface area contributed by atoms with Crippen LogP contribution in [0.3, 0.4) is 0 Å². The lowest BCUT2D eigenvalue weighted by Crippen LogP contribution is -2.23. The SMILES string of the molecule is CN1CCCCC(C)(C)CCCC1. The number of hydrogen-bond donors (Lipinski definition) is 0. The average molecular weight is 183 g/mol. The van der Waals surface area contributed by atoms with E-state index in [1.165, 1.54) is 51.6 Å². The van der Waals surface area contributed by atoms with E-state index in [4.69, 9.17) is 0 Å². The molecule has 78 valence electrons. The van der Waals surface area contributed by atoms with Gasteiger partial charge in [0.1, 0.15) is 0 Å². The smallest absolute Gasteiger partial charge is 0.00218 e. The lowest BCUT2D eigenvalue weighted by atomic mass is 9.82. The molecule has 1 rings (SSSR count).